The van der Waals surface area contributed by atoms with Crippen molar-refractivity contribution >= 4 is 28.7 Å². The van der Waals surface area contributed by atoms with E-state index in [-0.39, 0.29) is 18.3 Å². The van der Waals surface area contributed by atoms with Crippen molar-refractivity contribution in [3.05, 3.63) is 41.8 Å². The minimum absolute atomic E-state index is 0.262. The van der Waals surface area contributed by atoms with Crippen molar-refractivity contribution in [1.82, 2.24) is 9.78 Å². The van der Waals surface area contributed by atoms with Crippen LogP contribution in [0.15, 0.2) is 34.9 Å². The molecule has 8 nitrogen and oxygen atoms in total. The van der Waals surface area contributed by atoms with E-state index in [1.807, 2.05) is 0 Å². The Morgan fingerprint density at radius 3 is 2.88 bits per heavy atom. The normalized spacial score (nSPS) is 10.8. The standard InChI is InChI=1S/C16H15N3O5/c1-9-15(11-7-10(23-2)3-4-12(11)24-9)16(22)17-13-5-6-19(18-13)8-14(20)21/h3-7H,8H2,1-2H3,(H,20,21)(H,17,18,22). The van der Waals surface area contributed by atoms with Gasteiger partial charge in [0.05, 0.1) is 12.7 Å². The van der Waals surface area contributed by atoms with Gasteiger partial charge in [0.1, 0.15) is 23.6 Å². The predicted octanol–water partition coefficient (Wildman–Crippen LogP) is 2.28. The number of carboxylic acids is 1. The van der Waals surface area contributed by atoms with E-state index < -0.39 is 5.97 Å². The number of aromatic nitrogens is 2. The van der Waals surface area contributed by atoms with Crippen molar-refractivity contribution in [2.45, 2.75) is 13.5 Å². The largest absolute Gasteiger partial charge is 0.497 e. The summed E-state index contributed by atoms with van der Waals surface area (Å²) >= 11 is 0. The maximum Gasteiger partial charge on any atom is 0.325 e. The average Bonchev–Trinajstić information content (AvgIpc) is 3.08. The third kappa shape index (κ3) is 2.94. The van der Waals surface area contributed by atoms with Crippen LogP contribution in [-0.2, 0) is 11.3 Å². The molecule has 2 aromatic heterocycles. The summed E-state index contributed by atoms with van der Waals surface area (Å²) in [5.74, 6) is -0.0541. The van der Waals surface area contributed by atoms with Crippen LogP contribution >= 0.6 is 0 Å². The number of aryl methyl sites for hydroxylation is 1. The molecule has 0 radical (unpaired) electrons. The minimum atomic E-state index is -1.01. The van der Waals surface area contributed by atoms with E-state index in [1.165, 1.54) is 16.9 Å². The van der Waals surface area contributed by atoms with E-state index in [0.717, 1.165) is 0 Å². The first-order valence-electron chi connectivity index (χ1n) is 7.11. The highest BCUT2D eigenvalue weighted by Gasteiger charge is 2.19. The summed E-state index contributed by atoms with van der Waals surface area (Å²) in [7, 11) is 1.54. The number of anilines is 1. The lowest BCUT2D eigenvalue weighted by Crippen LogP contribution is -2.14. The number of nitrogens with zero attached hydrogens (tertiary/aromatic N) is 2. The molecule has 124 valence electrons. The minimum Gasteiger partial charge on any atom is -0.497 e. The molecule has 0 saturated heterocycles. The van der Waals surface area contributed by atoms with Crippen molar-refractivity contribution in [2.24, 2.45) is 0 Å². The summed E-state index contributed by atoms with van der Waals surface area (Å²) in [5.41, 5.74) is 0.964. The van der Waals surface area contributed by atoms with Crippen LogP contribution in [-0.4, -0.2) is 33.9 Å². The van der Waals surface area contributed by atoms with E-state index in [9.17, 15) is 9.59 Å². The van der Waals surface area contributed by atoms with Gasteiger partial charge in [0.15, 0.2) is 5.82 Å². The number of amides is 1. The molecule has 2 N–H and O–H groups in total. The molecule has 24 heavy (non-hydrogen) atoms. The van der Waals surface area contributed by atoms with Crippen LogP contribution in [0, 0.1) is 6.92 Å². The SMILES string of the molecule is COc1ccc2oc(C)c(C(=O)Nc3ccn(CC(=O)O)n3)c2c1. The lowest BCUT2D eigenvalue weighted by Gasteiger charge is -2.03. The van der Waals surface area contributed by atoms with Crippen LogP contribution in [0.3, 0.4) is 0 Å². The lowest BCUT2D eigenvalue weighted by molar-refractivity contribution is -0.137. The Bertz CT molecular complexity index is 925. The van der Waals surface area contributed by atoms with Gasteiger partial charge in [-0.25, -0.2) is 0 Å². The molecule has 0 spiro atoms. The topological polar surface area (TPSA) is 107 Å². The monoisotopic (exact) mass is 329 g/mol. The molecule has 2 heterocycles. The molecule has 0 aliphatic heterocycles. The quantitative estimate of drug-likeness (QED) is 0.744. The van der Waals surface area contributed by atoms with Crippen LogP contribution in [0.4, 0.5) is 5.82 Å². The van der Waals surface area contributed by atoms with Gasteiger partial charge >= 0.3 is 5.97 Å². The van der Waals surface area contributed by atoms with Crippen molar-refractivity contribution in [3.63, 3.8) is 0 Å². The maximum atomic E-state index is 12.6. The first-order valence-corrected chi connectivity index (χ1v) is 7.11. The van der Waals surface area contributed by atoms with E-state index in [2.05, 4.69) is 10.4 Å². The molecule has 3 aromatic rings. The van der Waals surface area contributed by atoms with Crippen molar-refractivity contribution < 1.29 is 23.8 Å². The van der Waals surface area contributed by atoms with Gasteiger partial charge in [0.25, 0.3) is 5.91 Å². The highest BCUT2D eigenvalue weighted by molar-refractivity contribution is 6.13. The number of furan rings is 1. The molecule has 0 aliphatic rings. The highest BCUT2D eigenvalue weighted by Crippen LogP contribution is 2.29. The van der Waals surface area contributed by atoms with E-state index >= 15 is 0 Å². The van der Waals surface area contributed by atoms with Gasteiger partial charge in [-0.2, -0.15) is 5.10 Å². The number of hydrogen-bond donors (Lipinski definition) is 2. The van der Waals surface area contributed by atoms with Crippen molar-refractivity contribution in [1.29, 1.82) is 0 Å². The first-order chi connectivity index (χ1) is 11.5. The van der Waals surface area contributed by atoms with Crippen LogP contribution < -0.4 is 10.1 Å². The lowest BCUT2D eigenvalue weighted by atomic mass is 10.1. The molecule has 0 aliphatic carbocycles. The van der Waals surface area contributed by atoms with Gasteiger partial charge < -0.3 is 19.6 Å². The van der Waals surface area contributed by atoms with Crippen LogP contribution in [0.1, 0.15) is 16.1 Å². The van der Waals surface area contributed by atoms with Gasteiger partial charge in [-0.05, 0) is 25.1 Å². The van der Waals surface area contributed by atoms with E-state index in [4.69, 9.17) is 14.3 Å². The second kappa shape index (κ2) is 6.07. The van der Waals surface area contributed by atoms with Gasteiger partial charge in [0.2, 0.25) is 0 Å². The zero-order valence-electron chi connectivity index (χ0n) is 13.1. The highest BCUT2D eigenvalue weighted by atomic mass is 16.5. The smallest absolute Gasteiger partial charge is 0.325 e. The van der Waals surface area contributed by atoms with Gasteiger partial charge in [-0.15, -0.1) is 0 Å². The molecule has 0 bridgehead atoms. The van der Waals surface area contributed by atoms with E-state index in [0.29, 0.717) is 28.0 Å². The number of rotatable bonds is 5. The van der Waals surface area contributed by atoms with Crippen LogP contribution in [0.5, 0.6) is 5.75 Å². The number of aliphatic carboxylic acids is 1. The third-order valence-electron chi connectivity index (χ3n) is 3.48. The predicted molar refractivity (Wildman–Crippen MR) is 85.3 cm³/mol. The zero-order chi connectivity index (χ0) is 17.3. The number of fused-ring (bicyclic) bond motifs is 1. The number of carbonyl (C=O) groups excluding carboxylic acids is 1. The number of ether oxygens (including phenoxy) is 1. The molecule has 1 aromatic carbocycles. The van der Waals surface area contributed by atoms with Crippen molar-refractivity contribution in [2.75, 3.05) is 12.4 Å². The fourth-order valence-corrected chi connectivity index (χ4v) is 2.44. The zero-order valence-corrected chi connectivity index (χ0v) is 13.1. The Morgan fingerprint density at radius 1 is 1.38 bits per heavy atom. The van der Waals surface area contributed by atoms with Gasteiger partial charge in [-0.1, -0.05) is 0 Å². The number of carboxylic acid groups (broad SMARTS) is 1. The Morgan fingerprint density at radius 2 is 2.17 bits per heavy atom. The summed E-state index contributed by atoms with van der Waals surface area (Å²) in [6.45, 7) is 1.42. The Labute approximate surface area is 136 Å². The number of hydrogen-bond acceptors (Lipinski definition) is 5. The fourth-order valence-electron chi connectivity index (χ4n) is 2.44. The molecule has 0 fully saturated rings. The number of benzene rings is 1. The molecule has 8 heteroatoms. The summed E-state index contributed by atoms with van der Waals surface area (Å²) in [6.07, 6.45) is 1.48. The fraction of sp³-hybridized carbons (Fsp3) is 0.188. The van der Waals surface area contributed by atoms with Gasteiger partial charge in [0, 0.05) is 17.6 Å². The second-order valence-electron chi connectivity index (χ2n) is 5.14. The molecule has 3 rings (SSSR count). The van der Waals surface area contributed by atoms with Crippen LogP contribution in [0.25, 0.3) is 11.0 Å². The average molecular weight is 329 g/mol. The molecule has 0 atom stereocenters. The van der Waals surface area contributed by atoms with Crippen molar-refractivity contribution in [3.8, 4) is 5.75 Å². The number of carbonyl (C=O) groups is 2. The Hall–Kier alpha value is -3.29. The maximum absolute atomic E-state index is 12.6. The molecular weight excluding hydrogens is 314 g/mol. The molecular formula is C16H15N3O5. The Kier molecular flexibility index (Phi) is 3.95. The summed E-state index contributed by atoms with van der Waals surface area (Å²) < 4.78 is 12.0. The number of methoxy groups -OCH3 is 1. The Balaban J connectivity index is 1.89. The summed E-state index contributed by atoms with van der Waals surface area (Å²) in [6, 6.07) is 6.74. The van der Waals surface area contributed by atoms with E-state index in [1.54, 1.807) is 32.2 Å². The molecule has 0 unspecified atom stereocenters. The molecule has 0 saturated carbocycles. The second-order valence-corrected chi connectivity index (χ2v) is 5.14. The van der Waals surface area contributed by atoms with Crippen LogP contribution in [0.2, 0.25) is 0 Å². The number of nitrogens with one attached hydrogen (secondary N) is 1. The molecule has 1 amide bonds. The summed E-state index contributed by atoms with van der Waals surface area (Å²) in [5, 5.41) is 16.0. The summed E-state index contributed by atoms with van der Waals surface area (Å²) in [4.78, 5) is 23.2. The first kappa shape index (κ1) is 15.6. The third-order valence-corrected chi connectivity index (χ3v) is 3.48. The van der Waals surface area contributed by atoms with Gasteiger partial charge in [-0.3, -0.25) is 14.3 Å².